The molecular weight excluding hydrogens is 228 g/mol. The Morgan fingerprint density at radius 2 is 2.41 bits per heavy atom. The Morgan fingerprint density at radius 3 is 3.00 bits per heavy atom. The monoisotopic (exact) mass is 252 g/mol. The van der Waals surface area contributed by atoms with Gasteiger partial charge in [0.15, 0.2) is 0 Å². The van der Waals surface area contributed by atoms with Crippen LogP contribution in [0.3, 0.4) is 0 Å². The van der Waals surface area contributed by atoms with E-state index in [1.807, 2.05) is 6.20 Å². The minimum absolute atomic E-state index is 0.453. The van der Waals surface area contributed by atoms with Gasteiger partial charge in [0.05, 0.1) is 6.04 Å². The molecule has 1 N–H and O–H groups in total. The standard InChI is InChI=1S/C14H24N2S/c1-4-12(13-15-8-9-17-13)16-11-6-5-7-14(2,3)10-11/h8-9,11-12,16H,4-7,10H2,1-3H3. The van der Waals surface area contributed by atoms with Gasteiger partial charge in [0.25, 0.3) is 0 Å². The van der Waals surface area contributed by atoms with E-state index in [1.165, 1.54) is 30.7 Å². The lowest BCUT2D eigenvalue weighted by molar-refractivity contribution is 0.188. The average molecular weight is 252 g/mol. The van der Waals surface area contributed by atoms with Crippen LogP contribution < -0.4 is 5.32 Å². The van der Waals surface area contributed by atoms with Crippen LogP contribution in [0, 0.1) is 5.41 Å². The molecule has 2 atom stereocenters. The maximum atomic E-state index is 4.45. The molecule has 0 spiro atoms. The second kappa shape index (κ2) is 5.49. The molecule has 1 aliphatic carbocycles. The highest BCUT2D eigenvalue weighted by Crippen LogP contribution is 2.36. The molecule has 0 amide bonds. The third kappa shape index (κ3) is 3.52. The van der Waals surface area contributed by atoms with Crippen LogP contribution in [-0.4, -0.2) is 11.0 Å². The minimum atomic E-state index is 0.453. The van der Waals surface area contributed by atoms with Gasteiger partial charge in [0, 0.05) is 17.6 Å². The maximum absolute atomic E-state index is 4.45. The molecule has 0 aliphatic heterocycles. The van der Waals surface area contributed by atoms with E-state index >= 15 is 0 Å². The maximum Gasteiger partial charge on any atom is 0.109 e. The Kier molecular flexibility index (Phi) is 4.21. The summed E-state index contributed by atoms with van der Waals surface area (Å²) in [5, 5.41) is 7.13. The van der Waals surface area contributed by atoms with E-state index < -0.39 is 0 Å². The van der Waals surface area contributed by atoms with Gasteiger partial charge < -0.3 is 5.32 Å². The first-order valence-corrected chi connectivity index (χ1v) is 7.64. The summed E-state index contributed by atoms with van der Waals surface area (Å²) < 4.78 is 0. The van der Waals surface area contributed by atoms with Gasteiger partial charge >= 0.3 is 0 Å². The summed E-state index contributed by atoms with van der Waals surface area (Å²) in [6.07, 6.45) is 8.40. The topological polar surface area (TPSA) is 24.9 Å². The van der Waals surface area contributed by atoms with Crippen LogP contribution in [-0.2, 0) is 0 Å². The van der Waals surface area contributed by atoms with Crippen LogP contribution in [0.1, 0.15) is 63.9 Å². The van der Waals surface area contributed by atoms with Crippen molar-refractivity contribution in [1.82, 2.24) is 10.3 Å². The Balaban J connectivity index is 1.95. The molecule has 1 saturated carbocycles. The van der Waals surface area contributed by atoms with Gasteiger partial charge in [-0.15, -0.1) is 11.3 Å². The zero-order chi connectivity index (χ0) is 12.3. The molecule has 17 heavy (non-hydrogen) atoms. The SMILES string of the molecule is CCC(NC1CCCC(C)(C)C1)c1nccs1. The molecule has 0 radical (unpaired) electrons. The molecule has 1 aliphatic rings. The number of aromatic nitrogens is 1. The number of hydrogen-bond acceptors (Lipinski definition) is 3. The largest absolute Gasteiger partial charge is 0.305 e. The first-order chi connectivity index (χ1) is 8.11. The fourth-order valence-corrected chi connectivity index (χ4v) is 3.68. The van der Waals surface area contributed by atoms with Crippen molar-refractivity contribution in [2.75, 3.05) is 0 Å². The van der Waals surface area contributed by atoms with Crippen LogP contribution in [0.15, 0.2) is 11.6 Å². The summed E-state index contributed by atoms with van der Waals surface area (Å²) in [6.45, 7) is 7.03. The summed E-state index contributed by atoms with van der Waals surface area (Å²) in [4.78, 5) is 4.45. The van der Waals surface area contributed by atoms with Gasteiger partial charge in [-0.2, -0.15) is 0 Å². The van der Waals surface area contributed by atoms with E-state index in [0.717, 1.165) is 6.42 Å². The van der Waals surface area contributed by atoms with Crippen LogP contribution in [0.25, 0.3) is 0 Å². The van der Waals surface area contributed by atoms with Crippen molar-refractivity contribution in [3.63, 3.8) is 0 Å². The van der Waals surface area contributed by atoms with E-state index in [9.17, 15) is 0 Å². The zero-order valence-corrected chi connectivity index (χ0v) is 12.0. The average Bonchev–Trinajstić information content (AvgIpc) is 2.78. The summed E-state index contributed by atoms with van der Waals surface area (Å²) in [5.41, 5.74) is 0.511. The second-order valence-corrected chi connectivity index (χ2v) is 6.88. The third-order valence-corrected chi connectivity index (χ3v) is 4.69. The van der Waals surface area contributed by atoms with Crippen molar-refractivity contribution in [3.05, 3.63) is 16.6 Å². The minimum Gasteiger partial charge on any atom is -0.305 e. The molecule has 2 nitrogen and oxygen atoms in total. The van der Waals surface area contributed by atoms with Crippen LogP contribution >= 0.6 is 11.3 Å². The van der Waals surface area contributed by atoms with E-state index in [1.54, 1.807) is 11.3 Å². The van der Waals surface area contributed by atoms with Crippen LogP contribution in [0.4, 0.5) is 0 Å². The number of hydrogen-bond donors (Lipinski definition) is 1. The Morgan fingerprint density at radius 1 is 1.59 bits per heavy atom. The molecule has 1 heterocycles. The number of rotatable bonds is 4. The highest BCUT2D eigenvalue weighted by Gasteiger charge is 2.29. The third-order valence-electron chi connectivity index (χ3n) is 3.80. The second-order valence-electron chi connectivity index (χ2n) is 5.96. The fraction of sp³-hybridized carbons (Fsp3) is 0.786. The molecule has 2 unspecified atom stereocenters. The Labute approximate surface area is 109 Å². The van der Waals surface area contributed by atoms with Crippen molar-refractivity contribution in [2.45, 2.75) is 65.0 Å². The quantitative estimate of drug-likeness (QED) is 0.870. The lowest BCUT2D eigenvalue weighted by atomic mass is 9.75. The lowest BCUT2D eigenvalue weighted by Gasteiger charge is -2.37. The Bertz CT molecular complexity index is 332. The summed E-state index contributed by atoms with van der Waals surface area (Å²) >= 11 is 1.77. The molecule has 0 aromatic carbocycles. The van der Waals surface area contributed by atoms with Gasteiger partial charge in [-0.25, -0.2) is 4.98 Å². The van der Waals surface area contributed by atoms with Crippen molar-refractivity contribution >= 4 is 11.3 Å². The van der Waals surface area contributed by atoms with Gasteiger partial charge in [-0.05, 0) is 31.1 Å². The molecular formula is C14H24N2S. The van der Waals surface area contributed by atoms with Crippen molar-refractivity contribution < 1.29 is 0 Å². The summed E-state index contributed by atoms with van der Waals surface area (Å²) in [5.74, 6) is 0. The number of nitrogens with one attached hydrogen (secondary N) is 1. The van der Waals surface area contributed by atoms with Crippen LogP contribution in [0.5, 0.6) is 0 Å². The van der Waals surface area contributed by atoms with Crippen molar-refractivity contribution in [3.8, 4) is 0 Å². The van der Waals surface area contributed by atoms with Crippen LogP contribution in [0.2, 0.25) is 0 Å². The smallest absolute Gasteiger partial charge is 0.109 e. The normalized spacial score (nSPS) is 25.7. The number of nitrogens with zero attached hydrogens (tertiary/aromatic N) is 1. The number of thiazole rings is 1. The van der Waals surface area contributed by atoms with E-state index in [2.05, 4.69) is 36.5 Å². The Hall–Kier alpha value is -0.410. The molecule has 0 bridgehead atoms. The molecule has 1 aromatic rings. The zero-order valence-electron chi connectivity index (χ0n) is 11.2. The molecule has 1 fully saturated rings. The molecule has 96 valence electrons. The summed E-state index contributed by atoms with van der Waals surface area (Å²) in [7, 11) is 0. The van der Waals surface area contributed by atoms with Crippen molar-refractivity contribution in [2.24, 2.45) is 5.41 Å². The molecule has 2 rings (SSSR count). The van der Waals surface area contributed by atoms with Gasteiger partial charge in [0.2, 0.25) is 0 Å². The predicted octanol–water partition coefficient (Wildman–Crippen LogP) is 4.15. The fourth-order valence-electron chi connectivity index (χ4n) is 2.90. The van der Waals surface area contributed by atoms with Gasteiger partial charge in [-0.1, -0.05) is 27.2 Å². The summed E-state index contributed by atoms with van der Waals surface area (Å²) in [6, 6.07) is 1.13. The molecule has 0 saturated heterocycles. The lowest BCUT2D eigenvalue weighted by Crippen LogP contribution is -2.39. The molecule has 1 aromatic heterocycles. The van der Waals surface area contributed by atoms with E-state index in [0.29, 0.717) is 17.5 Å². The van der Waals surface area contributed by atoms with Gasteiger partial charge in [-0.3, -0.25) is 0 Å². The highest BCUT2D eigenvalue weighted by molar-refractivity contribution is 7.09. The van der Waals surface area contributed by atoms with Gasteiger partial charge in [0.1, 0.15) is 5.01 Å². The van der Waals surface area contributed by atoms with Crippen molar-refractivity contribution in [1.29, 1.82) is 0 Å². The first kappa shape index (κ1) is 13.0. The first-order valence-electron chi connectivity index (χ1n) is 6.76. The van der Waals surface area contributed by atoms with E-state index in [-0.39, 0.29) is 0 Å². The predicted molar refractivity (Wildman–Crippen MR) is 74.3 cm³/mol. The highest BCUT2D eigenvalue weighted by atomic mass is 32.1. The van der Waals surface area contributed by atoms with E-state index in [4.69, 9.17) is 0 Å². The molecule has 3 heteroatoms.